The number of nitrogens with zero attached hydrogens (tertiary/aromatic N) is 3. The van der Waals surface area contributed by atoms with Crippen molar-refractivity contribution in [3.05, 3.63) is 24.3 Å². The zero-order chi connectivity index (χ0) is 20.4. The van der Waals surface area contributed by atoms with Crippen molar-refractivity contribution in [2.24, 2.45) is 10.9 Å². The number of methoxy groups -OCH3 is 1. The van der Waals surface area contributed by atoms with Crippen LogP contribution in [-0.2, 0) is 0 Å². The number of nitrogens with one attached hydrogen (secondary N) is 1. The summed E-state index contributed by atoms with van der Waals surface area (Å²) in [5.41, 5.74) is 0. The topological polar surface area (TPSA) is 49.3 Å². The number of guanidine groups is 1. The molecule has 2 rings (SSSR count). The summed E-state index contributed by atoms with van der Waals surface area (Å²) in [6.07, 6.45) is 1.25. The normalized spacial score (nSPS) is 17.8. The summed E-state index contributed by atoms with van der Waals surface area (Å²) in [5, 5.41) is 3.45. The minimum atomic E-state index is 0. The van der Waals surface area contributed by atoms with Gasteiger partial charge in [-0.15, -0.1) is 24.0 Å². The Morgan fingerprint density at radius 2 is 1.86 bits per heavy atom. The van der Waals surface area contributed by atoms with Crippen LogP contribution in [0.4, 0.5) is 0 Å². The first-order valence-electron chi connectivity index (χ1n) is 10.7. The number of rotatable bonds is 10. The molecule has 0 aromatic heterocycles. The second-order valence-corrected chi connectivity index (χ2v) is 7.39. The molecule has 0 radical (unpaired) electrons. The summed E-state index contributed by atoms with van der Waals surface area (Å²) in [6, 6.07) is 7.69. The van der Waals surface area contributed by atoms with E-state index in [9.17, 15) is 0 Å². The van der Waals surface area contributed by atoms with Crippen LogP contribution in [0.15, 0.2) is 29.3 Å². The fourth-order valence-electron chi connectivity index (χ4n) is 3.59. The van der Waals surface area contributed by atoms with Crippen molar-refractivity contribution in [2.45, 2.75) is 40.2 Å². The van der Waals surface area contributed by atoms with Crippen molar-refractivity contribution in [3.8, 4) is 11.5 Å². The first-order valence-corrected chi connectivity index (χ1v) is 10.7. The van der Waals surface area contributed by atoms with Crippen LogP contribution in [0.3, 0.4) is 0 Å². The second kappa shape index (κ2) is 13.9. The van der Waals surface area contributed by atoms with E-state index in [0.29, 0.717) is 6.54 Å². The van der Waals surface area contributed by atoms with E-state index in [4.69, 9.17) is 14.5 Å². The summed E-state index contributed by atoms with van der Waals surface area (Å²) in [5.74, 6) is 3.40. The molecule has 1 aliphatic rings. The lowest BCUT2D eigenvalue weighted by Crippen LogP contribution is -2.41. The van der Waals surface area contributed by atoms with Crippen LogP contribution in [0, 0.1) is 5.92 Å². The Hall–Kier alpha value is -1.22. The SMILES string of the molecule is CCNC(=NCC(C)Oc1ccc(OC)cc1)N1CCC(CN(CC)CC)C1.I. The number of hydrogen-bond acceptors (Lipinski definition) is 4. The molecule has 1 aliphatic heterocycles. The first-order chi connectivity index (χ1) is 13.6. The van der Waals surface area contributed by atoms with Crippen LogP contribution in [0.1, 0.15) is 34.1 Å². The molecular weight excluding hydrogens is 479 g/mol. The fourth-order valence-corrected chi connectivity index (χ4v) is 3.59. The highest BCUT2D eigenvalue weighted by Gasteiger charge is 2.26. The van der Waals surface area contributed by atoms with E-state index in [-0.39, 0.29) is 30.1 Å². The van der Waals surface area contributed by atoms with Gasteiger partial charge in [0.05, 0.1) is 13.7 Å². The highest BCUT2D eigenvalue weighted by molar-refractivity contribution is 14.0. The predicted molar refractivity (Wildman–Crippen MR) is 132 cm³/mol. The van der Waals surface area contributed by atoms with Gasteiger partial charge in [-0.25, -0.2) is 4.99 Å². The van der Waals surface area contributed by atoms with Gasteiger partial charge < -0.3 is 24.6 Å². The van der Waals surface area contributed by atoms with Gasteiger partial charge in [-0.1, -0.05) is 13.8 Å². The van der Waals surface area contributed by atoms with E-state index in [0.717, 1.165) is 56.1 Å². The average molecular weight is 518 g/mol. The van der Waals surface area contributed by atoms with Crippen LogP contribution in [0.5, 0.6) is 11.5 Å². The lowest BCUT2D eigenvalue weighted by atomic mass is 10.1. The summed E-state index contributed by atoms with van der Waals surface area (Å²) in [7, 11) is 1.67. The molecule has 0 amide bonds. The van der Waals surface area contributed by atoms with Gasteiger partial charge in [0.2, 0.25) is 0 Å². The van der Waals surface area contributed by atoms with E-state index in [1.165, 1.54) is 13.0 Å². The number of hydrogen-bond donors (Lipinski definition) is 1. The third kappa shape index (κ3) is 8.58. The Kier molecular flexibility index (Phi) is 12.4. The molecule has 1 saturated heterocycles. The van der Waals surface area contributed by atoms with Gasteiger partial charge >= 0.3 is 0 Å². The molecule has 0 saturated carbocycles. The molecule has 29 heavy (non-hydrogen) atoms. The molecule has 166 valence electrons. The Balaban J connectivity index is 0.00000420. The maximum absolute atomic E-state index is 5.99. The zero-order valence-corrected chi connectivity index (χ0v) is 21.0. The molecule has 0 bridgehead atoms. The van der Waals surface area contributed by atoms with Crippen LogP contribution >= 0.6 is 24.0 Å². The first kappa shape index (κ1) is 25.8. The average Bonchev–Trinajstić information content (AvgIpc) is 3.18. The number of benzene rings is 1. The van der Waals surface area contributed by atoms with Gasteiger partial charge in [0, 0.05) is 26.2 Å². The standard InChI is InChI=1S/C22H38N4O2.HI/c1-6-23-22(26-14-13-19(17-26)16-25(7-2)8-3)24-15-18(4)28-21-11-9-20(27-5)10-12-21;/h9-12,18-19H,6-8,13-17H2,1-5H3,(H,23,24);1H. The molecule has 0 spiro atoms. The molecule has 2 atom stereocenters. The summed E-state index contributed by atoms with van der Waals surface area (Å²) in [6.45, 7) is 15.8. The second-order valence-electron chi connectivity index (χ2n) is 7.39. The maximum atomic E-state index is 5.99. The minimum absolute atomic E-state index is 0. The van der Waals surface area contributed by atoms with Gasteiger partial charge in [0.1, 0.15) is 17.6 Å². The summed E-state index contributed by atoms with van der Waals surface area (Å²) < 4.78 is 11.2. The van der Waals surface area contributed by atoms with Gasteiger partial charge in [0.25, 0.3) is 0 Å². The Bertz CT molecular complexity index is 593. The van der Waals surface area contributed by atoms with E-state index >= 15 is 0 Å². The smallest absolute Gasteiger partial charge is 0.194 e. The summed E-state index contributed by atoms with van der Waals surface area (Å²) >= 11 is 0. The van der Waals surface area contributed by atoms with Crippen LogP contribution in [-0.4, -0.2) is 74.8 Å². The van der Waals surface area contributed by atoms with Crippen molar-refractivity contribution < 1.29 is 9.47 Å². The highest BCUT2D eigenvalue weighted by Crippen LogP contribution is 2.19. The third-order valence-corrected chi connectivity index (χ3v) is 5.23. The van der Waals surface area contributed by atoms with Crippen LogP contribution in [0.25, 0.3) is 0 Å². The lowest BCUT2D eigenvalue weighted by Gasteiger charge is -2.24. The molecule has 1 heterocycles. The molecule has 7 heteroatoms. The number of likely N-dealkylation sites (tertiary alicyclic amines) is 1. The molecule has 2 unspecified atom stereocenters. The van der Waals surface area contributed by atoms with E-state index in [1.54, 1.807) is 7.11 Å². The van der Waals surface area contributed by atoms with Crippen molar-refractivity contribution in [2.75, 3.05) is 52.9 Å². The van der Waals surface area contributed by atoms with Crippen molar-refractivity contribution in [1.82, 2.24) is 15.1 Å². The van der Waals surface area contributed by atoms with Gasteiger partial charge in [-0.05, 0) is 63.5 Å². The number of halogens is 1. The molecule has 0 aliphatic carbocycles. The Labute approximate surface area is 194 Å². The zero-order valence-electron chi connectivity index (χ0n) is 18.7. The molecule has 1 aromatic carbocycles. The quantitative estimate of drug-likeness (QED) is 0.291. The van der Waals surface area contributed by atoms with Crippen LogP contribution < -0.4 is 14.8 Å². The molecule has 1 N–H and O–H groups in total. The van der Waals surface area contributed by atoms with E-state index < -0.39 is 0 Å². The monoisotopic (exact) mass is 518 g/mol. The fraction of sp³-hybridized carbons (Fsp3) is 0.682. The van der Waals surface area contributed by atoms with Crippen molar-refractivity contribution in [3.63, 3.8) is 0 Å². The molecule has 6 nitrogen and oxygen atoms in total. The highest BCUT2D eigenvalue weighted by atomic mass is 127. The minimum Gasteiger partial charge on any atom is -0.497 e. The maximum Gasteiger partial charge on any atom is 0.194 e. The number of aliphatic imine (C=N–C) groups is 1. The van der Waals surface area contributed by atoms with Crippen LogP contribution in [0.2, 0.25) is 0 Å². The van der Waals surface area contributed by atoms with Gasteiger partial charge in [-0.2, -0.15) is 0 Å². The third-order valence-electron chi connectivity index (χ3n) is 5.23. The van der Waals surface area contributed by atoms with E-state index in [2.05, 4.69) is 42.8 Å². The number of ether oxygens (including phenoxy) is 2. The van der Waals surface area contributed by atoms with Crippen molar-refractivity contribution >= 4 is 29.9 Å². The van der Waals surface area contributed by atoms with E-state index in [1.807, 2.05) is 24.3 Å². The Morgan fingerprint density at radius 3 is 2.45 bits per heavy atom. The largest absolute Gasteiger partial charge is 0.497 e. The van der Waals surface area contributed by atoms with Crippen molar-refractivity contribution in [1.29, 1.82) is 0 Å². The molecule has 1 fully saturated rings. The Morgan fingerprint density at radius 1 is 1.21 bits per heavy atom. The lowest BCUT2D eigenvalue weighted by molar-refractivity contribution is 0.229. The van der Waals surface area contributed by atoms with Gasteiger partial charge in [-0.3, -0.25) is 0 Å². The van der Waals surface area contributed by atoms with Gasteiger partial charge in [0.15, 0.2) is 5.96 Å². The molecule has 1 aromatic rings. The predicted octanol–water partition coefficient (Wildman–Crippen LogP) is 3.71. The summed E-state index contributed by atoms with van der Waals surface area (Å²) in [4.78, 5) is 9.76. The molecular formula is C22H39IN4O2.